The summed E-state index contributed by atoms with van der Waals surface area (Å²) in [6.45, 7) is 2.76. The molecule has 0 spiro atoms. The maximum atomic E-state index is 13.2. The van der Waals surface area contributed by atoms with Gasteiger partial charge < -0.3 is 10.1 Å². The monoisotopic (exact) mass is 394 g/mol. The van der Waals surface area contributed by atoms with Gasteiger partial charge >= 0.3 is 0 Å². The third-order valence-electron chi connectivity index (χ3n) is 4.11. The minimum atomic E-state index is -3.88. The molecule has 1 N–H and O–H groups in total. The second-order valence-electron chi connectivity index (χ2n) is 5.74. The molecule has 1 aliphatic rings. The second kappa shape index (κ2) is 7.65. The van der Waals surface area contributed by atoms with Crippen LogP contribution in [0.25, 0.3) is 0 Å². The van der Waals surface area contributed by atoms with Crippen LogP contribution in [0.3, 0.4) is 0 Å². The maximum Gasteiger partial charge on any atom is 0.244 e. The smallest absolute Gasteiger partial charge is 0.244 e. The number of carbonyl (C=O) groups excluding carboxylic acids is 1. The van der Waals surface area contributed by atoms with Crippen molar-refractivity contribution in [2.45, 2.75) is 17.9 Å². The number of piperazine rings is 1. The van der Waals surface area contributed by atoms with Crippen LogP contribution >= 0.6 is 11.6 Å². The standard InChI is InChI=1S/C18H19ClN2O4S/c1-2-25-13-7-9-14(10-8-13)26(23,24)21-12-11-20-18(22)17(21)15-5-3-4-6-16(15)19/h3-10,17H,2,11-12H2,1H3,(H,20,22). The number of rotatable bonds is 5. The van der Waals surface area contributed by atoms with E-state index in [0.29, 0.717) is 22.9 Å². The van der Waals surface area contributed by atoms with Crippen molar-refractivity contribution >= 4 is 27.5 Å². The first kappa shape index (κ1) is 18.7. The van der Waals surface area contributed by atoms with Crippen molar-refractivity contribution in [3.05, 3.63) is 59.1 Å². The van der Waals surface area contributed by atoms with Crippen LogP contribution in [0.1, 0.15) is 18.5 Å². The summed E-state index contributed by atoms with van der Waals surface area (Å²) < 4.78 is 32.9. The Labute approximate surface area is 157 Å². The van der Waals surface area contributed by atoms with Crippen LogP contribution < -0.4 is 10.1 Å². The Kier molecular flexibility index (Phi) is 5.50. The van der Waals surface area contributed by atoms with Crippen molar-refractivity contribution in [3.63, 3.8) is 0 Å². The average Bonchev–Trinajstić information content (AvgIpc) is 2.63. The number of carbonyl (C=O) groups is 1. The van der Waals surface area contributed by atoms with Crippen molar-refractivity contribution in [2.24, 2.45) is 0 Å². The van der Waals surface area contributed by atoms with Gasteiger partial charge in [-0.3, -0.25) is 4.79 Å². The van der Waals surface area contributed by atoms with Crippen LogP contribution in [0.15, 0.2) is 53.4 Å². The Bertz CT molecular complexity index is 900. The van der Waals surface area contributed by atoms with Crippen molar-refractivity contribution in [2.75, 3.05) is 19.7 Å². The number of sulfonamides is 1. The number of nitrogens with one attached hydrogen (secondary N) is 1. The van der Waals surface area contributed by atoms with E-state index in [4.69, 9.17) is 16.3 Å². The molecule has 8 heteroatoms. The maximum absolute atomic E-state index is 13.2. The molecule has 26 heavy (non-hydrogen) atoms. The number of hydrogen-bond donors (Lipinski definition) is 1. The number of nitrogens with zero attached hydrogens (tertiary/aromatic N) is 1. The molecular formula is C18H19ClN2O4S. The van der Waals surface area contributed by atoms with Crippen LogP contribution in [-0.4, -0.2) is 38.3 Å². The van der Waals surface area contributed by atoms with Gasteiger partial charge in [0.1, 0.15) is 11.8 Å². The molecule has 1 aliphatic heterocycles. The molecule has 0 aromatic heterocycles. The van der Waals surface area contributed by atoms with E-state index in [1.165, 1.54) is 16.4 Å². The summed E-state index contributed by atoms with van der Waals surface area (Å²) in [7, 11) is -3.88. The molecule has 2 aromatic rings. The first-order chi connectivity index (χ1) is 12.4. The summed E-state index contributed by atoms with van der Waals surface area (Å²) in [5.41, 5.74) is 0.459. The van der Waals surface area contributed by atoms with Crippen molar-refractivity contribution in [1.29, 1.82) is 0 Å². The van der Waals surface area contributed by atoms with E-state index in [-0.39, 0.29) is 23.9 Å². The first-order valence-electron chi connectivity index (χ1n) is 8.22. The molecule has 0 aliphatic carbocycles. The minimum absolute atomic E-state index is 0.104. The largest absolute Gasteiger partial charge is 0.494 e. The quantitative estimate of drug-likeness (QED) is 0.845. The number of halogens is 1. The molecule has 0 saturated carbocycles. The van der Waals surface area contributed by atoms with E-state index in [9.17, 15) is 13.2 Å². The Morgan fingerprint density at radius 3 is 2.54 bits per heavy atom. The Morgan fingerprint density at radius 1 is 1.19 bits per heavy atom. The Balaban J connectivity index is 2.01. The van der Waals surface area contributed by atoms with E-state index in [2.05, 4.69) is 5.32 Å². The number of hydrogen-bond acceptors (Lipinski definition) is 4. The molecule has 138 valence electrons. The van der Waals surface area contributed by atoms with Crippen LogP contribution in [0.5, 0.6) is 5.75 Å². The average molecular weight is 395 g/mol. The summed E-state index contributed by atoms with van der Waals surface area (Å²) in [6.07, 6.45) is 0. The summed E-state index contributed by atoms with van der Waals surface area (Å²) in [6, 6.07) is 11.9. The van der Waals surface area contributed by atoms with Gasteiger partial charge in [-0.05, 0) is 42.8 Å². The van der Waals surface area contributed by atoms with Gasteiger partial charge in [0.25, 0.3) is 0 Å². The lowest BCUT2D eigenvalue weighted by Crippen LogP contribution is -2.52. The summed E-state index contributed by atoms with van der Waals surface area (Å²) >= 11 is 6.22. The summed E-state index contributed by atoms with van der Waals surface area (Å²) in [5, 5.41) is 3.06. The van der Waals surface area contributed by atoms with Gasteiger partial charge in [0.05, 0.1) is 11.5 Å². The highest BCUT2D eigenvalue weighted by atomic mass is 35.5. The minimum Gasteiger partial charge on any atom is -0.494 e. The lowest BCUT2D eigenvalue weighted by Gasteiger charge is -2.34. The van der Waals surface area contributed by atoms with Crippen molar-refractivity contribution in [1.82, 2.24) is 9.62 Å². The molecular weight excluding hydrogens is 376 g/mol. The van der Waals surface area contributed by atoms with Crippen LogP contribution in [0.2, 0.25) is 5.02 Å². The predicted molar refractivity (Wildman–Crippen MR) is 98.7 cm³/mol. The molecule has 0 radical (unpaired) electrons. The van der Waals surface area contributed by atoms with Gasteiger partial charge in [-0.15, -0.1) is 0 Å². The van der Waals surface area contributed by atoms with Gasteiger partial charge in [-0.25, -0.2) is 8.42 Å². The fourth-order valence-corrected chi connectivity index (χ4v) is 4.72. The fraction of sp³-hybridized carbons (Fsp3) is 0.278. The third-order valence-corrected chi connectivity index (χ3v) is 6.33. The zero-order valence-electron chi connectivity index (χ0n) is 14.2. The molecule has 1 fully saturated rings. The number of ether oxygens (including phenoxy) is 1. The third kappa shape index (κ3) is 3.56. The lowest BCUT2D eigenvalue weighted by molar-refractivity contribution is -0.126. The predicted octanol–water partition coefficient (Wildman–Crippen LogP) is 2.60. The SMILES string of the molecule is CCOc1ccc(S(=O)(=O)N2CCNC(=O)C2c2ccccc2Cl)cc1. The molecule has 1 unspecified atom stereocenters. The van der Waals surface area contributed by atoms with Crippen LogP contribution in [-0.2, 0) is 14.8 Å². The normalized spacial score (nSPS) is 18.4. The molecule has 2 aromatic carbocycles. The lowest BCUT2D eigenvalue weighted by atomic mass is 10.0. The van der Waals surface area contributed by atoms with Gasteiger partial charge in [0.2, 0.25) is 15.9 Å². The zero-order valence-corrected chi connectivity index (χ0v) is 15.8. The van der Waals surface area contributed by atoms with Gasteiger partial charge in [0, 0.05) is 18.1 Å². The highest BCUT2D eigenvalue weighted by Crippen LogP contribution is 2.33. The molecule has 1 saturated heterocycles. The second-order valence-corrected chi connectivity index (χ2v) is 8.03. The van der Waals surface area contributed by atoms with Crippen molar-refractivity contribution in [3.8, 4) is 5.75 Å². The van der Waals surface area contributed by atoms with Gasteiger partial charge in [0.15, 0.2) is 0 Å². The molecule has 1 heterocycles. The topological polar surface area (TPSA) is 75.7 Å². The molecule has 3 rings (SSSR count). The number of amides is 1. The van der Waals surface area contributed by atoms with Crippen LogP contribution in [0, 0.1) is 0 Å². The van der Waals surface area contributed by atoms with E-state index < -0.39 is 16.1 Å². The van der Waals surface area contributed by atoms with E-state index in [1.54, 1.807) is 36.4 Å². The highest BCUT2D eigenvalue weighted by Gasteiger charge is 2.40. The van der Waals surface area contributed by atoms with Gasteiger partial charge in [-0.1, -0.05) is 29.8 Å². The fourth-order valence-electron chi connectivity index (χ4n) is 2.91. The van der Waals surface area contributed by atoms with Gasteiger partial charge in [-0.2, -0.15) is 4.31 Å². The van der Waals surface area contributed by atoms with Crippen molar-refractivity contribution < 1.29 is 17.9 Å². The molecule has 1 amide bonds. The first-order valence-corrected chi connectivity index (χ1v) is 10.0. The molecule has 1 atom stereocenters. The Hall–Kier alpha value is -2.09. The molecule has 0 bridgehead atoms. The van der Waals surface area contributed by atoms with Crippen LogP contribution in [0.4, 0.5) is 0 Å². The highest BCUT2D eigenvalue weighted by molar-refractivity contribution is 7.89. The van der Waals surface area contributed by atoms with E-state index >= 15 is 0 Å². The van der Waals surface area contributed by atoms with E-state index in [1.807, 2.05) is 6.92 Å². The Morgan fingerprint density at radius 2 is 1.88 bits per heavy atom. The molecule has 6 nitrogen and oxygen atoms in total. The summed E-state index contributed by atoms with van der Waals surface area (Å²) in [5.74, 6) is 0.198. The number of benzene rings is 2. The zero-order chi connectivity index (χ0) is 18.7. The summed E-state index contributed by atoms with van der Waals surface area (Å²) in [4.78, 5) is 12.6. The van der Waals surface area contributed by atoms with E-state index in [0.717, 1.165) is 0 Å².